The maximum atomic E-state index is 12.3. The molecule has 23 heavy (non-hydrogen) atoms. The number of carbonyl (C=O) groups excluding carboxylic acids is 1. The minimum Gasteiger partial charge on any atom is -0.497 e. The summed E-state index contributed by atoms with van der Waals surface area (Å²) < 4.78 is 10.4. The normalized spacial score (nSPS) is 10.7. The van der Waals surface area contributed by atoms with Gasteiger partial charge in [-0.1, -0.05) is 13.8 Å². The largest absolute Gasteiger partial charge is 0.497 e. The van der Waals surface area contributed by atoms with Crippen molar-refractivity contribution in [3.8, 4) is 11.5 Å². The van der Waals surface area contributed by atoms with E-state index in [-0.39, 0.29) is 5.91 Å². The van der Waals surface area contributed by atoms with Gasteiger partial charge in [-0.05, 0) is 18.2 Å². The Morgan fingerprint density at radius 3 is 2.70 bits per heavy atom. The highest BCUT2D eigenvalue weighted by Gasteiger charge is 2.13. The summed E-state index contributed by atoms with van der Waals surface area (Å²) in [4.78, 5) is 16.9. The molecule has 1 amide bonds. The maximum absolute atomic E-state index is 12.3. The van der Waals surface area contributed by atoms with E-state index in [0.29, 0.717) is 35.9 Å². The van der Waals surface area contributed by atoms with E-state index < -0.39 is 0 Å². The lowest BCUT2D eigenvalue weighted by molar-refractivity contribution is 0.0950. The van der Waals surface area contributed by atoms with Crippen LogP contribution in [0.2, 0.25) is 0 Å². The summed E-state index contributed by atoms with van der Waals surface area (Å²) in [6.07, 6.45) is 0.710. The summed E-state index contributed by atoms with van der Waals surface area (Å²) >= 11 is 1.66. The second kappa shape index (κ2) is 7.97. The van der Waals surface area contributed by atoms with E-state index in [4.69, 9.17) is 9.47 Å². The zero-order valence-corrected chi connectivity index (χ0v) is 14.7. The number of carbonyl (C=O) groups is 1. The van der Waals surface area contributed by atoms with Crippen molar-refractivity contribution in [3.63, 3.8) is 0 Å². The molecule has 0 spiro atoms. The SMILES string of the molecule is COc1ccc(OC)c(C(=O)NCCc2csc(C(C)C)n2)c1. The van der Waals surface area contributed by atoms with E-state index >= 15 is 0 Å². The molecule has 0 aliphatic carbocycles. The van der Waals surface area contributed by atoms with E-state index in [0.717, 1.165) is 10.7 Å². The minimum atomic E-state index is -0.180. The van der Waals surface area contributed by atoms with Gasteiger partial charge in [0.15, 0.2) is 0 Å². The molecule has 1 aromatic carbocycles. The number of ether oxygens (including phenoxy) is 2. The first-order chi connectivity index (χ1) is 11.0. The van der Waals surface area contributed by atoms with Crippen molar-refractivity contribution in [1.29, 1.82) is 0 Å². The highest BCUT2D eigenvalue weighted by atomic mass is 32.1. The zero-order chi connectivity index (χ0) is 16.8. The highest BCUT2D eigenvalue weighted by molar-refractivity contribution is 7.09. The predicted molar refractivity (Wildman–Crippen MR) is 91.8 cm³/mol. The molecule has 0 aliphatic rings. The van der Waals surface area contributed by atoms with Crippen molar-refractivity contribution in [2.24, 2.45) is 0 Å². The average molecular weight is 334 g/mol. The van der Waals surface area contributed by atoms with Crippen molar-refractivity contribution in [2.45, 2.75) is 26.2 Å². The number of rotatable bonds is 7. The lowest BCUT2D eigenvalue weighted by Crippen LogP contribution is -2.26. The van der Waals surface area contributed by atoms with Crippen LogP contribution in [-0.4, -0.2) is 31.7 Å². The third kappa shape index (κ3) is 4.45. The standard InChI is InChI=1S/C17H22N2O3S/c1-11(2)17-19-12(10-23-17)7-8-18-16(20)14-9-13(21-3)5-6-15(14)22-4/h5-6,9-11H,7-8H2,1-4H3,(H,18,20). The summed E-state index contributed by atoms with van der Waals surface area (Å²) in [7, 11) is 3.11. The van der Waals surface area contributed by atoms with Gasteiger partial charge in [0.2, 0.25) is 0 Å². The van der Waals surface area contributed by atoms with Gasteiger partial charge in [-0.25, -0.2) is 4.98 Å². The van der Waals surface area contributed by atoms with Gasteiger partial charge in [0.25, 0.3) is 5.91 Å². The van der Waals surface area contributed by atoms with Gasteiger partial charge in [-0.15, -0.1) is 11.3 Å². The van der Waals surface area contributed by atoms with Crippen molar-refractivity contribution in [2.75, 3.05) is 20.8 Å². The van der Waals surface area contributed by atoms with E-state index in [9.17, 15) is 4.79 Å². The van der Waals surface area contributed by atoms with Crippen LogP contribution in [0.15, 0.2) is 23.6 Å². The van der Waals surface area contributed by atoms with Crippen LogP contribution in [0.5, 0.6) is 11.5 Å². The van der Waals surface area contributed by atoms with E-state index in [1.54, 1.807) is 43.8 Å². The molecule has 0 unspecified atom stereocenters. The molecule has 0 radical (unpaired) electrons. The molecule has 124 valence electrons. The molecule has 5 nitrogen and oxygen atoms in total. The molecule has 0 saturated carbocycles. The molecule has 1 aromatic heterocycles. The summed E-state index contributed by atoms with van der Waals surface area (Å²) in [5, 5.41) is 6.08. The fourth-order valence-corrected chi connectivity index (χ4v) is 2.96. The monoisotopic (exact) mass is 334 g/mol. The number of nitrogens with zero attached hydrogens (tertiary/aromatic N) is 1. The van der Waals surface area contributed by atoms with Gasteiger partial charge in [0.1, 0.15) is 11.5 Å². The Balaban J connectivity index is 1.96. The van der Waals surface area contributed by atoms with E-state index in [1.807, 2.05) is 5.38 Å². The Bertz CT molecular complexity index is 668. The quantitative estimate of drug-likeness (QED) is 0.844. The maximum Gasteiger partial charge on any atom is 0.255 e. The van der Waals surface area contributed by atoms with E-state index in [2.05, 4.69) is 24.1 Å². The number of nitrogens with one attached hydrogen (secondary N) is 1. The average Bonchev–Trinajstić information content (AvgIpc) is 3.03. The zero-order valence-electron chi connectivity index (χ0n) is 13.9. The molecule has 2 rings (SSSR count). The fourth-order valence-electron chi connectivity index (χ4n) is 2.09. The van der Waals surface area contributed by atoms with Crippen molar-refractivity contribution >= 4 is 17.2 Å². The summed E-state index contributed by atoms with van der Waals surface area (Å²) in [6.45, 7) is 4.78. The van der Waals surface area contributed by atoms with Crippen LogP contribution in [0, 0.1) is 0 Å². The first-order valence-electron chi connectivity index (χ1n) is 7.49. The molecule has 1 heterocycles. The van der Waals surface area contributed by atoms with Crippen LogP contribution in [0.1, 0.15) is 40.8 Å². The smallest absolute Gasteiger partial charge is 0.255 e. The molecule has 6 heteroatoms. The molecule has 0 saturated heterocycles. The van der Waals surface area contributed by atoms with Crippen LogP contribution in [0.25, 0.3) is 0 Å². The first kappa shape index (κ1) is 17.3. The number of amides is 1. The van der Waals surface area contributed by atoms with Gasteiger partial charge in [-0.2, -0.15) is 0 Å². The second-order valence-corrected chi connectivity index (χ2v) is 6.29. The Kier molecular flexibility index (Phi) is 5.98. The fraction of sp³-hybridized carbons (Fsp3) is 0.412. The summed E-state index contributed by atoms with van der Waals surface area (Å²) in [6, 6.07) is 5.16. The van der Waals surface area contributed by atoms with Crippen LogP contribution in [0.3, 0.4) is 0 Å². The van der Waals surface area contributed by atoms with Gasteiger partial charge in [0, 0.05) is 24.3 Å². The van der Waals surface area contributed by atoms with Crippen molar-refractivity contribution in [1.82, 2.24) is 10.3 Å². The van der Waals surface area contributed by atoms with Crippen molar-refractivity contribution in [3.05, 3.63) is 39.8 Å². The molecule has 1 N–H and O–H groups in total. The van der Waals surface area contributed by atoms with Crippen LogP contribution < -0.4 is 14.8 Å². The number of aromatic nitrogens is 1. The molecule has 0 atom stereocenters. The molecular weight excluding hydrogens is 312 g/mol. The number of methoxy groups -OCH3 is 2. The summed E-state index contributed by atoms with van der Waals surface area (Å²) in [5.41, 5.74) is 1.48. The predicted octanol–water partition coefficient (Wildman–Crippen LogP) is 3.26. The van der Waals surface area contributed by atoms with Crippen LogP contribution in [0.4, 0.5) is 0 Å². The molecule has 0 aliphatic heterocycles. The number of hydrogen-bond donors (Lipinski definition) is 1. The summed E-state index contributed by atoms with van der Waals surface area (Å²) in [5.74, 6) is 1.40. The van der Waals surface area contributed by atoms with Gasteiger partial charge >= 0.3 is 0 Å². The minimum absolute atomic E-state index is 0.180. The topological polar surface area (TPSA) is 60.5 Å². The Labute approximate surface area is 140 Å². The molecule has 0 bridgehead atoms. The molecule has 2 aromatic rings. The number of thiazole rings is 1. The van der Waals surface area contributed by atoms with Crippen LogP contribution >= 0.6 is 11.3 Å². The molecule has 0 fully saturated rings. The highest BCUT2D eigenvalue weighted by Crippen LogP contribution is 2.24. The Morgan fingerprint density at radius 1 is 1.30 bits per heavy atom. The lowest BCUT2D eigenvalue weighted by Gasteiger charge is -2.10. The van der Waals surface area contributed by atoms with Gasteiger partial charge in [0.05, 0.1) is 30.5 Å². The van der Waals surface area contributed by atoms with E-state index in [1.165, 1.54) is 0 Å². The van der Waals surface area contributed by atoms with Crippen molar-refractivity contribution < 1.29 is 14.3 Å². The lowest BCUT2D eigenvalue weighted by atomic mass is 10.1. The number of benzene rings is 1. The molecular formula is C17H22N2O3S. The Morgan fingerprint density at radius 2 is 2.09 bits per heavy atom. The second-order valence-electron chi connectivity index (χ2n) is 5.40. The van der Waals surface area contributed by atoms with Crippen LogP contribution in [-0.2, 0) is 6.42 Å². The van der Waals surface area contributed by atoms with Gasteiger partial charge < -0.3 is 14.8 Å². The number of hydrogen-bond acceptors (Lipinski definition) is 5. The third-order valence-corrected chi connectivity index (χ3v) is 4.58. The third-order valence-electron chi connectivity index (χ3n) is 3.38. The Hall–Kier alpha value is -2.08. The first-order valence-corrected chi connectivity index (χ1v) is 8.37. The van der Waals surface area contributed by atoms with Gasteiger partial charge in [-0.3, -0.25) is 4.79 Å².